The van der Waals surface area contributed by atoms with Crippen molar-refractivity contribution in [2.75, 3.05) is 0 Å². The Kier molecular flexibility index (Phi) is 6.53. The molecule has 0 spiro atoms. The zero-order valence-electron chi connectivity index (χ0n) is 25.6. The number of fused-ring (bicyclic) bond motifs is 5. The lowest BCUT2D eigenvalue weighted by molar-refractivity contribution is 1.07. The van der Waals surface area contributed by atoms with E-state index in [1.807, 2.05) is 42.5 Å². The largest absolute Gasteiger partial charge is 0.293 e. The standard InChI is InChI=1S/C42H29N5/c1-3-11-29(12-4-1)34-15-7-8-16-35(34)42-45-40(30-13-5-2-6-14-30)44-41(46-42)31-21-19-28(20-22-31)32-23-25-37-33(27-32)24-26-39-43-36-17-9-10-18-38(36)47(37)39/h1-8,11-27H,9-10H2. The van der Waals surface area contributed by atoms with Crippen molar-refractivity contribution in [3.63, 3.8) is 0 Å². The molecule has 0 bridgehead atoms. The van der Waals surface area contributed by atoms with Gasteiger partial charge in [0.05, 0.1) is 16.2 Å². The zero-order chi connectivity index (χ0) is 31.2. The Morgan fingerprint density at radius 2 is 1.02 bits per heavy atom. The molecule has 0 N–H and O–H groups in total. The fourth-order valence-corrected chi connectivity index (χ4v) is 6.56. The molecule has 5 heteroatoms. The van der Waals surface area contributed by atoms with Crippen LogP contribution in [0.5, 0.6) is 0 Å². The van der Waals surface area contributed by atoms with Gasteiger partial charge in [-0.15, -0.1) is 0 Å². The summed E-state index contributed by atoms with van der Waals surface area (Å²) in [6.07, 6.45) is 6.65. The highest BCUT2D eigenvalue weighted by Gasteiger charge is 2.16. The molecule has 0 saturated carbocycles. The maximum atomic E-state index is 5.05. The summed E-state index contributed by atoms with van der Waals surface area (Å²) in [6, 6.07) is 48.3. The molecular weight excluding hydrogens is 574 g/mol. The Bertz CT molecular complexity index is 2550. The van der Waals surface area contributed by atoms with Gasteiger partial charge in [-0.25, -0.2) is 19.9 Å². The molecule has 5 aromatic carbocycles. The van der Waals surface area contributed by atoms with Crippen molar-refractivity contribution in [2.24, 2.45) is 0 Å². The van der Waals surface area contributed by atoms with Crippen LogP contribution in [0.4, 0.5) is 0 Å². The molecular formula is C42H29N5. The molecule has 0 aliphatic heterocycles. The molecule has 0 fully saturated rings. The normalized spacial score (nSPS) is 12.4. The molecule has 3 heterocycles. The van der Waals surface area contributed by atoms with Gasteiger partial charge in [0.1, 0.15) is 5.65 Å². The molecule has 5 nitrogen and oxygen atoms in total. The molecule has 0 unspecified atom stereocenters. The molecule has 0 saturated heterocycles. The number of hydrogen-bond acceptors (Lipinski definition) is 4. The van der Waals surface area contributed by atoms with Crippen LogP contribution in [0.1, 0.15) is 12.8 Å². The van der Waals surface area contributed by atoms with Crippen LogP contribution in [0, 0.1) is 0 Å². The van der Waals surface area contributed by atoms with Crippen molar-refractivity contribution in [1.29, 1.82) is 0 Å². The summed E-state index contributed by atoms with van der Waals surface area (Å²) in [6.45, 7) is 0. The molecule has 47 heavy (non-hydrogen) atoms. The van der Waals surface area contributed by atoms with Crippen LogP contribution in [-0.4, -0.2) is 24.3 Å². The van der Waals surface area contributed by atoms with Crippen molar-refractivity contribution in [3.8, 4) is 56.4 Å². The molecule has 0 atom stereocenters. The minimum atomic E-state index is 0.641. The van der Waals surface area contributed by atoms with Gasteiger partial charge in [-0.05, 0) is 64.7 Å². The highest BCUT2D eigenvalue weighted by molar-refractivity contribution is 5.87. The Hall–Kier alpha value is -6.20. The van der Waals surface area contributed by atoms with Crippen LogP contribution in [0.15, 0.2) is 140 Å². The lowest BCUT2D eigenvalue weighted by atomic mass is 9.99. The average Bonchev–Trinajstić information content (AvgIpc) is 3.54. The second kappa shape index (κ2) is 11.3. The maximum Gasteiger partial charge on any atom is 0.164 e. The van der Waals surface area contributed by atoms with E-state index < -0.39 is 0 Å². The summed E-state index contributed by atoms with van der Waals surface area (Å²) < 4.78 is 2.28. The summed E-state index contributed by atoms with van der Waals surface area (Å²) in [7, 11) is 0. The van der Waals surface area contributed by atoms with Gasteiger partial charge >= 0.3 is 0 Å². The van der Waals surface area contributed by atoms with Gasteiger partial charge in [-0.1, -0.05) is 127 Å². The Morgan fingerprint density at radius 3 is 1.79 bits per heavy atom. The van der Waals surface area contributed by atoms with Crippen LogP contribution in [0.2, 0.25) is 0 Å². The van der Waals surface area contributed by atoms with Gasteiger partial charge in [-0.3, -0.25) is 4.40 Å². The van der Waals surface area contributed by atoms with Gasteiger partial charge < -0.3 is 0 Å². The first-order valence-electron chi connectivity index (χ1n) is 16.0. The van der Waals surface area contributed by atoms with Crippen LogP contribution < -0.4 is 10.7 Å². The Labute approximate surface area is 271 Å². The van der Waals surface area contributed by atoms with Crippen LogP contribution in [-0.2, 0) is 0 Å². The van der Waals surface area contributed by atoms with Gasteiger partial charge in [-0.2, -0.15) is 0 Å². The van der Waals surface area contributed by atoms with E-state index in [1.165, 1.54) is 16.3 Å². The summed E-state index contributed by atoms with van der Waals surface area (Å²) >= 11 is 0. The molecule has 9 rings (SSSR count). The van der Waals surface area contributed by atoms with Crippen LogP contribution in [0.3, 0.4) is 0 Å². The van der Waals surface area contributed by atoms with Crippen molar-refractivity contribution >= 4 is 28.7 Å². The first kappa shape index (κ1) is 27.1. The third kappa shape index (κ3) is 4.89. The number of imidazole rings is 1. The molecule has 1 aliphatic rings. The lowest BCUT2D eigenvalue weighted by Gasteiger charge is -2.12. The van der Waals surface area contributed by atoms with E-state index in [4.69, 9.17) is 19.9 Å². The van der Waals surface area contributed by atoms with E-state index in [1.54, 1.807) is 0 Å². The van der Waals surface area contributed by atoms with Gasteiger partial charge in [0.2, 0.25) is 0 Å². The van der Waals surface area contributed by atoms with E-state index in [0.717, 1.165) is 62.8 Å². The number of benzene rings is 5. The van der Waals surface area contributed by atoms with E-state index in [0.29, 0.717) is 17.5 Å². The monoisotopic (exact) mass is 603 g/mol. The first-order valence-corrected chi connectivity index (χ1v) is 16.0. The molecule has 0 radical (unpaired) electrons. The molecule has 0 amide bonds. The fraction of sp³-hybridized carbons (Fsp3) is 0.0476. The third-order valence-electron chi connectivity index (χ3n) is 8.89. The minimum Gasteiger partial charge on any atom is -0.293 e. The van der Waals surface area contributed by atoms with E-state index >= 15 is 0 Å². The van der Waals surface area contributed by atoms with E-state index in [2.05, 4.69) is 114 Å². The molecule has 222 valence electrons. The quantitative estimate of drug-likeness (QED) is 0.198. The van der Waals surface area contributed by atoms with Gasteiger partial charge in [0.25, 0.3) is 0 Å². The zero-order valence-corrected chi connectivity index (χ0v) is 25.6. The number of hydrogen-bond donors (Lipinski definition) is 0. The number of nitrogens with zero attached hydrogens (tertiary/aromatic N) is 5. The SMILES string of the molecule is C1=c2nc3ccc4cc(-c5ccc(-c6nc(-c7ccccc7)nc(-c7ccccc7-c7ccccc7)n6)cc5)ccc4n3c2=CCC1. The van der Waals surface area contributed by atoms with E-state index in [9.17, 15) is 0 Å². The number of pyridine rings is 1. The summed E-state index contributed by atoms with van der Waals surface area (Å²) in [4.78, 5) is 19.9. The number of aromatic nitrogens is 5. The predicted molar refractivity (Wildman–Crippen MR) is 191 cm³/mol. The van der Waals surface area contributed by atoms with Gasteiger partial charge in [0.15, 0.2) is 17.5 Å². The second-order valence-electron chi connectivity index (χ2n) is 11.8. The molecule has 3 aromatic heterocycles. The average molecular weight is 604 g/mol. The molecule has 8 aromatic rings. The summed E-state index contributed by atoms with van der Waals surface area (Å²) in [5, 5.41) is 3.47. The summed E-state index contributed by atoms with van der Waals surface area (Å²) in [5.74, 6) is 1.94. The maximum absolute atomic E-state index is 5.05. The minimum absolute atomic E-state index is 0.641. The predicted octanol–water partition coefficient (Wildman–Crippen LogP) is 8.36. The Morgan fingerprint density at radius 1 is 0.426 bits per heavy atom. The second-order valence-corrected chi connectivity index (χ2v) is 11.8. The smallest absolute Gasteiger partial charge is 0.164 e. The van der Waals surface area contributed by atoms with Gasteiger partial charge in [0, 0.05) is 16.7 Å². The lowest BCUT2D eigenvalue weighted by Crippen LogP contribution is -2.29. The first-order chi connectivity index (χ1) is 23.3. The third-order valence-corrected chi connectivity index (χ3v) is 8.89. The number of rotatable bonds is 5. The van der Waals surface area contributed by atoms with Crippen LogP contribution >= 0.6 is 0 Å². The van der Waals surface area contributed by atoms with Crippen LogP contribution in [0.25, 0.3) is 85.1 Å². The Balaban J connectivity index is 1.13. The van der Waals surface area contributed by atoms with Crippen molar-refractivity contribution in [2.45, 2.75) is 12.8 Å². The summed E-state index contributed by atoms with van der Waals surface area (Å²) in [5.41, 5.74) is 9.52. The van der Waals surface area contributed by atoms with Crippen molar-refractivity contribution < 1.29 is 0 Å². The highest BCUT2D eigenvalue weighted by atomic mass is 15.0. The fourth-order valence-electron chi connectivity index (χ4n) is 6.56. The highest BCUT2D eigenvalue weighted by Crippen LogP contribution is 2.33. The van der Waals surface area contributed by atoms with Crippen molar-refractivity contribution in [1.82, 2.24) is 24.3 Å². The van der Waals surface area contributed by atoms with E-state index in [-0.39, 0.29) is 0 Å². The van der Waals surface area contributed by atoms with Crippen molar-refractivity contribution in [3.05, 3.63) is 150 Å². The molecule has 1 aliphatic carbocycles. The topological polar surface area (TPSA) is 56.0 Å².